The largest absolute Gasteiger partial charge is 0.378 e. The molecule has 6 heteroatoms. The van der Waals surface area contributed by atoms with Crippen LogP contribution in [0.5, 0.6) is 0 Å². The molecule has 3 rings (SSSR count). The van der Waals surface area contributed by atoms with Crippen LogP contribution in [-0.2, 0) is 0 Å². The minimum absolute atomic E-state index is 0.250. The van der Waals surface area contributed by atoms with Gasteiger partial charge in [0, 0.05) is 15.0 Å². The average Bonchev–Trinajstić information content (AvgIpc) is 3.09. The molecule has 1 unspecified atom stereocenters. The summed E-state index contributed by atoms with van der Waals surface area (Å²) in [5.41, 5.74) is 2.11. The smallest absolute Gasteiger partial charge is 0.123 e. The first-order chi connectivity index (χ1) is 9.74. The fourth-order valence-corrected chi connectivity index (χ4v) is 3.75. The van der Waals surface area contributed by atoms with Crippen molar-refractivity contribution in [2.24, 2.45) is 0 Å². The quantitative estimate of drug-likeness (QED) is 0.765. The maximum Gasteiger partial charge on any atom is 0.123 e. The van der Waals surface area contributed by atoms with Crippen LogP contribution in [0.4, 0.5) is 5.69 Å². The summed E-state index contributed by atoms with van der Waals surface area (Å²) in [6.45, 7) is 2.15. The van der Waals surface area contributed by atoms with Gasteiger partial charge in [-0.15, -0.1) is 21.5 Å². The molecule has 0 saturated carbocycles. The molecule has 0 radical (unpaired) electrons. The average molecular weight is 349 g/mol. The van der Waals surface area contributed by atoms with Crippen molar-refractivity contribution in [3.8, 4) is 5.69 Å². The van der Waals surface area contributed by atoms with Gasteiger partial charge in [-0.2, -0.15) is 0 Å². The van der Waals surface area contributed by atoms with Crippen molar-refractivity contribution in [3.05, 3.63) is 57.7 Å². The molecule has 0 saturated heterocycles. The molecule has 0 aliphatic rings. The Kier molecular flexibility index (Phi) is 3.84. The Morgan fingerprint density at radius 1 is 1.25 bits per heavy atom. The Morgan fingerprint density at radius 2 is 2.05 bits per heavy atom. The van der Waals surface area contributed by atoms with Gasteiger partial charge in [-0.25, -0.2) is 0 Å². The molecule has 0 amide bonds. The number of halogens is 1. The lowest BCUT2D eigenvalue weighted by Crippen LogP contribution is -2.05. The van der Waals surface area contributed by atoms with Crippen LogP contribution in [0.25, 0.3) is 5.69 Å². The van der Waals surface area contributed by atoms with E-state index >= 15 is 0 Å². The number of nitrogens with one attached hydrogen (secondary N) is 1. The molecule has 0 fully saturated rings. The molecule has 2 heterocycles. The Morgan fingerprint density at radius 3 is 2.75 bits per heavy atom. The van der Waals surface area contributed by atoms with Crippen LogP contribution in [0.15, 0.2) is 52.8 Å². The zero-order valence-electron chi connectivity index (χ0n) is 10.8. The van der Waals surface area contributed by atoms with E-state index in [2.05, 4.69) is 61.9 Å². The molecule has 1 N–H and O–H groups in total. The summed E-state index contributed by atoms with van der Waals surface area (Å²) in [6.07, 6.45) is 3.39. The summed E-state index contributed by atoms with van der Waals surface area (Å²) >= 11 is 5.32. The summed E-state index contributed by atoms with van der Waals surface area (Å²) in [5.74, 6) is 0. The van der Waals surface area contributed by atoms with Crippen LogP contribution in [0, 0.1) is 0 Å². The standard InChI is InChI=1S/C14H13BrN4S/c1-10(14-13(15)5-6-20-14)18-11-3-2-4-12(7-11)19-8-16-17-9-19/h2-10,18H,1H3. The molecule has 0 aliphatic carbocycles. The first kappa shape index (κ1) is 13.3. The van der Waals surface area contributed by atoms with Crippen molar-refractivity contribution in [2.75, 3.05) is 5.32 Å². The third-order valence-corrected chi connectivity index (χ3v) is 5.04. The van der Waals surface area contributed by atoms with Gasteiger partial charge in [-0.1, -0.05) is 6.07 Å². The highest BCUT2D eigenvalue weighted by Crippen LogP contribution is 2.31. The van der Waals surface area contributed by atoms with Crippen LogP contribution in [-0.4, -0.2) is 14.8 Å². The number of anilines is 1. The van der Waals surface area contributed by atoms with Gasteiger partial charge in [0.15, 0.2) is 0 Å². The topological polar surface area (TPSA) is 42.7 Å². The lowest BCUT2D eigenvalue weighted by Gasteiger charge is -2.15. The van der Waals surface area contributed by atoms with Gasteiger partial charge in [-0.05, 0) is 52.5 Å². The number of benzene rings is 1. The minimum atomic E-state index is 0.250. The van der Waals surface area contributed by atoms with Crippen molar-refractivity contribution in [3.63, 3.8) is 0 Å². The molecule has 3 aromatic rings. The van der Waals surface area contributed by atoms with E-state index in [0.717, 1.165) is 15.8 Å². The van der Waals surface area contributed by atoms with E-state index in [-0.39, 0.29) is 6.04 Å². The fourth-order valence-electron chi connectivity index (χ4n) is 2.02. The van der Waals surface area contributed by atoms with Crippen LogP contribution < -0.4 is 5.32 Å². The number of hydrogen-bond acceptors (Lipinski definition) is 4. The monoisotopic (exact) mass is 348 g/mol. The van der Waals surface area contributed by atoms with E-state index in [4.69, 9.17) is 0 Å². The first-order valence-electron chi connectivity index (χ1n) is 6.18. The molecular formula is C14H13BrN4S. The van der Waals surface area contributed by atoms with Gasteiger partial charge >= 0.3 is 0 Å². The summed E-state index contributed by atoms with van der Waals surface area (Å²) in [7, 11) is 0. The Balaban J connectivity index is 1.81. The van der Waals surface area contributed by atoms with E-state index < -0.39 is 0 Å². The van der Waals surface area contributed by atoms with Crippen molar-refractivity contribution < 1.29 is 0 Å². The summed E-state index contributed by atoms with van der Waals surface area (Å²) in [6, 6.07) is 10.5. The molecule has 2 aromatic heterocycles. The number of hydrogen-bond donors (Lipinski definition) is 1. The summed E-state index contributed by atoms with van der Waals surface area (Å²) in [5, 5.41) is 13.3. The lowest BCUT2D eigenvalue weighted by atomic mass is 10.2. The number of nitrogens with zero attached hydrogens (tertiary/aromatic N) is 3. The zero-order valence-corrected chi connectivity index (χ0v) is 13.2. The Hall–Kier alpha value is -1.66. The van der Waals surface area contributed by atoms with E-state index in [9.17, 15) is 0 Å². The second kappa shape index (κ2) is 5.76. The van der Waals surface area contributed by atoms with Crippen LogP contribution in [0.1, 0.15) is 17.8 Å². The van der Waals surface area contributed by atoms with Crippen LogP contribution in [0.2, 0.25) is 0 Å². The first-order valence-corrected chi connectivity index (χ1v) is 7.86. The second-order valence-electron chi connectivity index (χ2n) is 4.42. The van der Waals surface area contributed by atoms with Crippen molar-refractivity contribution in [1.82, 2.24) is 14.8 Å². The van der Waals surface area contributed by atoms with Gasteiger partial charge in [0.1, 0.15) is 12.7 Å². The molecule has 1 atom stereocenters. The molecule has 102 valence electrons. The Bertz CT molecular complexity index is 693. The van der Waals surface area contributed by atoms with Gasteiger partial charge in [0.2, 0.25) is 0 Å². The molecule has 0 bridgehead atoms. The van der Waals surface area contributed by atoms with Gasteiger partial charge < -0.3 is 5.32 Å². The van der Waals surface area contributed by atoms with Crippen molar-refractivity contribution >= 4 is 33.0 Å². The predicted molar refractivity (Wildman–Crippen MR) is 85.4 cm³/mol. The second-order valence-corrected chi connectivity index (χ2v) is 6.22. The van der Waals surface area contributed by atoms with E-state index in [1.165, 1.54) is 4.88 Å². The molecule has 0 spiro atoms. The molecule has 1 aromatic carbocycles. The van der Waals surface area contributed by atoms with E-state index in [1.54, 1.807) is 24.0 Å². The Labute approximate surface area is 129 Å². The molecule has 4 nitrogen and oxygen atoms in total. The van der Waals surface area contributed by atoms with Gasteiger partial charge in [-0.3, -0.25) is 4.57 Å². The number of aromatic nitrogens is 3. The minimum Gasteiger partial charge on any atom is -0.378 e. The lowest BCUT2D eigenvalue weighted by molar-refractivity contribution is 0.902. The number of rotatable bonds is 4. The van der Waals surface area contributed by atoms with Crippen LogP contribution in [0.3, 0.4) is 0 Å². The summed E-state index contributed by atoms with van der Waals surface area (Å²) < 4.78 is 3.04. The number of thiophene rings is 1. The van der Waals surface area contributed by atoms with Gasteiger partial charge in [0.25, 0.3) is 0 Å². The molecule has 20 heavy (non-hydrogen) atoms. The van der Waals surface area contributed by atoms with Crippen molar-refractivity contribution in [2.45, 2.75) is 13.0 Å². The maximum absolute atomic E-state index is 3.83. The maximum atomic E-state index is 3.83. The SMILES string of the molecule is CC(Nc1cccc(-n2cnnc2)c1)c1sccc1Br. The highest BCUT2D eigenvalue weighted by atomic mass is 79.9. The predicted octanol–water partition coefficient (Wildman–Crippen LogP) is 4.26. The normalized spacial score (nSPS) is 12.3. The highest BCUT2D eigenvalue weighted by Gasteiger charge is 2.10. The highest BCUT2D eigenvalue weighted by molar-refractivity contribution is 9.10. The molecule has 0 aliphatic heterocycles. The third kappa shape index (κ3) is 2.76. The van der Waals surface area contributed by atoms with Crippen LogP contribution >= 0.6 is 27.3 Å². The van der Waals surface area contributed by atoms with Gasteiger partial charge in [0.05, 0.1) is 11.7 Å². The molecular weight excluding hydrogens is 336 g/mol. The van der Waals surface area contributed by atoms with E-state index in [0.29, 0.717) is 0 Å². The van der Waals surface area contributed by atoms with Crippen molar-refractivity contribution in [1.29, 1.82) is 0 Å². The zero-order chi connectivity index (χ0) is 13.9. The van der Waals surface area contributed by atoms with E-state index in [1.807, 2.05) is 16.7 Å². The fraction of sp³-hybridized carbons (Fsp3) is 0.143. The third-order valence-electron chi connectivity index (χ3n) is 2.98. The summed E-state index contributed by atoms with van der Waals surface area (Å²) in [4.78, 5) is 1.29.